The summed E-state index contributed by atoms with van der Waals surface area (Å²) in [6, 6.07) is 6.06. The van der Waals surface area contributed by atoms with E-state index in [4.69, 9.17) is 23.2 Å². The van der Waals surface area contributed by atoms with Crippen LogP contribution < -0.4 is 5.32 Å². The van der Waals surface area contributed by atoms with E-state index >= 15 is 0 Å². The van der Waals surface area contributed by atoms with Gasteiger partial charge in [-0.25, -0.2) is 0 Å². The second kappa shape index (κ2) is 7.30. The highest BCUT2D eigenvalue weighted by atomic mass is 35.5. The van der Waals surface area contributed by atoms with Crippen molar-refractivity contribution in [2.75, 3.05) is 6.54 Å². The zero-order valence-corrected chi connectivity index (χ0v) is 14.2. The Bertz CT molecular complexity index is 608. The topological polar surface area (TPSA) is 29.9 Å². The third kappa shape index (κ3) is 3.60. The standard InChI is InChI=1S/C16H21Cl2N3/c1-4-8-21-16(14(18)10-20-21)15(19-5-2)12-7-6-11(3)9-13(12)17/h6-7,9-10,15,19H,4-5,8H2,1-3H3. The van der Waals surface area contributed by atoms with Crippen molar-refractivity contribution in [2.24, 2.45) is 0 Å². The average molecular weight is 326 g/mol. The maximum atomic E-state index is 6.45. The number of aromatic nitrogens is 2. The van der Waals surface area contributed by atoms with Crippen molar-refractivity contribution in [3.8, 4) is 0 Å². The van der Waals surface area contributed by atoms with Gasteiger partial charge in [-0.3, -0.25) is 4.68 Å². The van der Waals surface area contributed by atoms with Crippen LogP contribution in [0.2, 0.25) is 10.0 Å². The summed E-state index contributed by atoms with van der Waals surface area (Å²) in [5.41, 5.74) is 3.15. The van der Waals surface area contributed by atoms with Gasteiger partial charge in [0.1, 0.15) is 0 Å². The molecule has 1 atom stereocenters. The van der Waals surface area contributed by atoms with E-state index in [1.165, 1.54) is 0 Å². The average Bonchev–Trinajstić information content (AvgIpc) is 2.79. The van der Waals surface area contributed by atoms with E-state index in [9.17, 15) is 0 Å². The molecule has 3 nitrogen and oxygen atoms in total. The molecular formula is C16H21Cl2N3. The molecule has 1 aromatic heterocycles. The summed E-state index contributed by atoms with van der Waals surface area (Å²) in [6.45, 7) is 7.90. The van der Waals surface area contributed by atoms with Gasteiger partial charge in [0.25, 0.3) is 0 Å². The molecule has 2 rings (SSSR count). The minimum absolute atomic E-state index is 0.0513. The summed E-state index contributed by atoms with van der Waals surface area (Å²) in [4.78, 5) is 0. The molecule has 1 N–H and O–H groups in total. The maximum Gasteiger partial charge on any atom is 0.0837 e. The summed E-state index contributed by atoms with van der Waals surface area (Å²) >= 11 is 12.8. The second-order valence-corrected chi connectivity index (χ2v) is 5.93. The third-order valence-electron chi connectivity index (χ3n) is 3.42. The number of rotatable bonds is 6. The molecule has 0 saturated carbocycles. The van der Waals surface area contributed by atoms with Crippen molar-refractivity contribution in [1.82, 2.24) is 15.1 Å². The second-order valence-electron chi connectivity index (χ2n) is 5.12. The van der Waals surface area contributed by atoms with Crippen LogP contribution in [-0.4, -0.2) is 16.3 Å². The monoisotopic (exact) mass is 325 g/mol. The Balaban J connectivity index is 2.50. The van der Waals surface area contributed by atoms with Gasteiger partial charge in [0.2, 0.25) is 0 Å². The first-order valence-electron chi connectivity index (χ1n) is 7.29. The molecule has 21 heavy (non-hydrogen) atoms. The number of hydrogen-bond donors (Lipinski definition) is 1. The van der Waals surface area contributed by atoms with Crippen LogP contribution in [0.1, 0.15) is 43.1 Å². The molecule has 0 aliphatic rings. The van der Waals surface area contributed by atoms with E-state index in [2.05, 4.69) is 36.4 Å². The molecule has 0 amide bonds. The number of halogens is 2. The van der Waals surface area contributed by atoms with Crippen LogP contribution in [0.15, 0.2) is 24.4 Å². The van der Waals surface area contributed by atoms with Gasteiger partial charge in [-0.05, 0) is 37.1 Å². The van der Waals surface area contributed by atoms with E-state index in [1.54, 1.807) is 6.20 Å². The number of hydrogen-bond acceptors (Lipinski definition) is 2. The molecule has 0 aliphatic carbocycles. The number of aryl methyl sites for hydroxylation is 2. The summed E-state index contributed by atoms with van der Waals surface area (Å²) in [7, 11) is 0. The molecule has 0 fully saturated rings. The molecule has 0 saturated heterocycles. The predicted octanol–water partition coefficient (Wildman–Crippen LogP) is 4.61. The smallest absolute Gasteiger partial charge is 0.0837 e. The fourth-order valence-corrected chi connectivity index (χ4v) is 3.07. The summed E-state index contributed by atoms with van der Waals surface area (Å²) in [5, 5.41) is 9.28. The van der Waals surface area contributed by atoms with Crippen molar-refractivity contribution in [2.45, 2.75) is 39.8 Å². The van der Waals surface area contributed by atoms with Crippen molar-refractivity contribution in [1.29, 1.82) is 0 Å². The van der Waals surface area contributed by atoms with Gasteiger partial charge in [0, 0.05) is 11.6 Å². The summed E-state index contributed by atoms with van der Waals surface area (Å²) in [6.07, 6.45) is 2.71. The lowest BCUT2D eigenvalue weighted by Crippen LogP contribution is -2.25. The molecule has 1 unspecified atom stereocenters. The SMILES string of the molecule is CCCn1ncc(Cl)c1C(NCC)c1ccc(C)cc1Cl. The van der Waals surface area contributed by atoms with Gasteiger partial charge in [-0.1, -0.05) is 49.2 Å². The molecular weight excluding hydrogens is 305 g/mol. The molecule has 0 radical (unpaired) electrons. The summed E-state index contributed by atoms with van der Waals surface area (Å²) < 4.78 is 1.96. The predicted molar refractivity (Wildman–Crippen MR) is 89.2 cm³/mol. The molecule has 0 spiro atoms. The minimum atomic E-state index is -0.0513. The lowest BCUT2D eigenvalue weighted by molar-refractivity contribution is 0.520. The molecule has 5 heteroatoms. The zero-order chi connectivity index (χ0) is 15.4. The third-order valence-corrected chi connectivity index (χ3v) is 4.04. The number of nitrogens with one attached hydrogen (secondary N) is 1. The Morgan fingerprint density at radius 2 is 2.00 bits per heavy atom. The van der Waals surface area contributed by atoms with E-state index in [0.29, 0.717) is 5.02 Å². The first kappa shape index (κ1) is 16.3. The maximum absolute atomic E-state index is 6.45. The molecule has 1 heterocycles. The van der Waals surface area contributed by atoms with Gasteiger partial charge < -0.3 is 5.32 Å². The van der Waals surface area contributed by atoms with Crippen LogP contribution in [0.5, 0.6) is 0 Å². The largest absolute Gasteiger partial charge is 0.305 e. The van der Waals surface area contributed by atoms with Crippen LogP contribution in [0.25, 0.3) is 0 Å². The molecule has 114 valence electrons. The van der Waals surface area contributed by atoms with Crippen molar-refractivity contribution in [3.05, 3.63) is 51.3 Å². The first-order chi connectivity index (χ1) is 10.1. The van der Waals surface area contributed by atoms with E-state index < -0.39 is 0 Å². The van der Waals surface area contributed by atoms with Gasteiger partial charge in [0.05, 0.1) is 23.0 Å². The number of benzene rings is 1. The van der Waals surface area contributed by atoms with Crippen molar-refractivity contribution >= 4 is 23.2 Å². The Kier molecular flexibility index (Phi) is 5.68. The first-order valence-corrected chi connectivity index (χ1v) is 8.04. The van der Waals surface area contributed by atoms with E-state index in [-0.39, 0.29) is 6.04 Å². The highest BCUT2D eigenvalue weighted by Crippen LogP contribution is 2.33. The van der Waals surface area contributed by atoms with Crippen LogP contribution in [0, 0.1) is 6.92 Å². The van der Waals surface area contributed by atoms with Gasteiger partial charge in [0.15, 0.2) is 0 Å². The lowest BCUT2D eigenvalue weighted by Gasteiger charge is -2.22. The van der Waals surface area contributed by atoms with Crippen LogP contribution >= 0.6 is 23.2 Å². The Morgan fingerprint density at radius 3 is 2.62 bits per heavy atom. The van der Waals surface area contributed by atoms with E-state index in [0.717, 1.165) is 41.4 Å². The highest BCUT2D eigenvalue weighted by Gasteiger charge is 2.23. The minimum Gasteiger partial charge on any atom is -0.305 e. The van der Waals surface area contributed by atoms with Crippen LogP contribution in [0.4, 0.5) is 0 Å². The van der Waals surface area contributed by atoms with Gasteiger partial charge >= 0.3 is 0 Å². The molecule has 1 aromatic carbocycles. The fourth-order valence-electron chi connectivity index (χ4n) is 2.47. The van der Waals surface area contributed by atoms with Crippen molar-refractivity contribution in [3.63, 3.8) is 0 Å². The van der Waals surface area contributed by atoms with E-state index in [1.807, 2.05) is 17.7 Å². The van der Waals surface area contributed by atoms with Crippen LogP contribution in [0.3, 0.4) is 0 Å². The highest BCUT2D eigenvalue weighted by molar-refractivity contribution is 6.32. The summed E-state index contributed by atoms with van der Waals surface area (Å²) in [5.74, 6) is 0. The Labute approximate surface area is 136 Å². The quantitative estimate of drug-likeness (QED) is 0.840. The lowest BCUT2D eigenvalue weighted by atomic mass is 10.0. The zero-order valence-electron chi connectivity index (χ0n) is 12.7. The van der Waals surface area contributed by atoms with Gasteiger partial charge in [-0.15, -0.1) is 0 Å². The molecule has 0 aliphatic heterocycles. The number of nitrogens with zero attached hydrogens (tertiary/aromatic N) is 2. The van der Waals surface area contributed by atoms with Crippen molar-refractivity contribution < 1.29 is 0 Å². The normalized spacial score (nSPS) is 12.6. The van der Waals surface area contributed by atoms with Gasteiger partial charge in [-0.2, -0.15) is 5.10 Å². The molecule has 0 bridgehead atoms. The Hall–Kier alpha value is -1.03. The van der Waals surface area contributed by atoms with Crippen LogP contribution in [-0.2, 0) is 6.54 Å². The Morgan fingerprint density at radius 1 is 1.24 bits per heavy atom. The molecule has 2 aromatic rings. The fraction of sp³-hybridized carbons (Fsp3) is 0.438.